The molecule has 0 spiro atoms. The number of rotatable bonds is 6. The lowest BCUT2D eigenvalue weighted by Gasteiger charge is -2.22. The molecule has 1 aliphatic carbocycles. The largest absolute Gasteiger partial charge is 0.352 e. The molecule has 1 rings (SSSR count). The Balaban J connectivity index is 2.27. The molecule has 1 fully saturated rings. The molecule has 3 heteroatoms. The molecule has 0 aliphatic heterocycles. The van der Waals surface area contributed by atoms with Gasteiger partial charge in [-0.1, -0.05) is 34.1 Å². The molecule has 0 radical (unpaired) electrons. The summed E-state index contributed by atoms with van der Waals surface area (Å²) < 4.78 is 0. The van der Waals surface area contributed by atoms with Crippen molar-refractivity contribution in [3.05, 3.63) is 0 Å². The first-order valence-electron chi connectivity index (χ1n) is 7.48. The standard InChI is InChI=1S/C15H30N2O/c1-6-13-7-8-14(11(13)4)16-9-15(18)17-12(5)10(2)3/h10-14,16H,6-9H2,1-5H3,(H,17,18). The van der Waals surface area contributed by atoms with E-state index in [1.165, 1.54) is 19.3 Å². The van der Waals surface area contributed by atoms with Gasteiger partial charge in [-0.25, -0.2) is 0 Å². The minimum atomic E-state index is 0.128. The zero-order valence-corrected chi connectivity index (χ0v) is 12.6. The van der Waals surface area contributed by atoms with Gasteiger partial charge in [0.05, 0.1) is 6.54 Å². The predicted octanol–water partition coefficient (Wildman–Crippen LogP) is 2.56. The first-order chi connectivity index (χ1) is 8.45. The van der Waals surface area contributed by atoms with Crippen LogP contribution in [0, 0.1) is 17.8 Å². The van der Waals surface area contributed by atoms with Crippen LogP contribution in [0.4, 0.5) is 0 Å². The van der Waals surface area contributed by atoms with Gasteiger partial charge >= 0.3 is 0 Å². The second-order valence-corrected chi connectivity index (χ2v) is 6.19. The number of hydrogen-bond acceptors (Lipinski definition) is 2. The lowest BCUT2D eigenvalue weighted by molar-refractivity contribution is -0.121. The predicted molar refractivity (Wildman–Crippen MR) is 76.4 cm³/mol. The minimum Gasteiger partial charge on any atom is -0.352 e. The number of amides is 1. The summed E-state index contributed by atoms with van der Waals surface area (Å²) >= 11 is 0. The summed E-state index contributed by atoms with van der Waals surface area (Å²) in [6.45, 7) is 11.4. The lowest BCUT2D eigenvalue weighted by Crippen LogP contribution is -2.44. The van der Waals surface area contributed by atoms with E-state index in [0.717, 1.165) is 5.92 Å². The Morgan fingerprint density at radius 2 is 1.94 bits per heavy atom. The first kappa shape index (κ1) is 15.5. The Hall–Kier alpha value is -0.570. The highest BCUT2D eigenvalue weighted by Gasteiger charge is 2.31. The molecule has 0 bridgehead atoms. The van der Waals surface area contributed by atoms with Crippen LogP contribution in [0.2, 0.25) is 0 Å². The van der Waals surface area contributed by atoms with Gasteiger partial charge in [-0.15, -0.1) is 0 Å². The Bertz CT molecular complexity index is 265. The normalized spacial score (nSPS) is 29.6. The molecule has 0 heterocycles. The van der Waals surface area contributed by atoms with E-state index >= 15 is 0 Å². The van der Waals surface area contributed by atoms with E-state index in [1.807, 2.05) is 0 Å². The summed E-state index contributed by atoms with van der Waals surface area (Å²) in [5.74, 6) is 2.15. The van der Waals surface area contributed by atoms with Crippen LogP contribution in [0.5, 0.6) is 0 Å². The van der Waals surface area contributed by atoms with Crippen molar-refractivity contribution in [1.29, 1.82) is 0 Å². The zero-order valence-electron chi connectivity index (χ0n) is 12.6. The molecule has 4 atom stereocenters. The van der Waals surface area contributed by atoms with E-state index in [0.29, 0.717) is 24.4 Å². The Kier molecular flexibility index (Phi) is 6.13. The minimum absolute atomic E-state index is 0.128. The molecular weight excluding hydrogens is 224 g/mol. The van der Waals surface area contributed by atoms with Gasteiger partial charge in [0.15, 0.2) is 0 Å². The van der Waals surface area contributed by atoms with E-state index in [-0.39, 0.29) is 11.9 Å². The van der Waals surface area contributed by atoms with E-state index in [9.17, 15) is 4.79 Å². The highest BCUT2D eigenvalue weighted by molar-refractivity contribution is 5.78. The van der Waals surface area contributed by atoms with E-state index in [2.05, 4.69) is 45.3 Å². The summed E-state index contributed by atoms with van der Waals surface area (Å²) in [5, 5.41) is 6.47. The monoisotopic (exact) mass is 254 g/mol. The van der Waals surface area contributed by atoms with Crippen molar-refractivity contribution in [2.75, 3.05) is 6.54 Å². The van der Waals surface area contributed by atoms with Crippen LogP contribution >= 0.6 is 0 Å². The molecule has 106 valence electrons. The summed E-state index contributed by atoms with van der Waals surface area (Å²) in [6.07, 6.45) is 3.78. The van der Waals surface area contributed by atoms with Gasteiger partial charge in [0, 0.05) is 12.1 Å². The van der Waals surface area contributed by atoms with Crippen LogP contribution in [-0.2, 0) is 4.79 Å². The van der Waals surface area contributed by atoms with Gasteiger partial charge in [0.2, 0.25) is 5.91 Å². The molecule has 0 aromatic carbocycles. The quantitative estimate of drug-likeness (QED) is 0.765. The zero-order chi connectivity index (χ0) is 13.7. The maximum atomic E-state index is 11.8. The third-order valence-corrected chi connectivity index (χ3v) is 4.66. The molecule has 4 unspecified atom stereocenters. The summed E-state index contributed by atoms with van der Waals surface area (Å²) in [6, 6.07) is 0.777. The Morgan fingerprint density at radius 3 is 2.44 bits per heavy atom. The average Bonchev–Trinajstić information content (AvgIpc) is 2.67. The highest BCUT2D eigenvalue weighted by Crippen LogP contribution is 2.33. The van der Waals surface area contributed by atoms with Crippen molar-refractivity contribution in [2.24, 2.45) is 17.8 Å². The molecular formula is C15H30N2O. The molecule has 1 saturated carbocycles. The molecule has 2 N–H and O–H groups in total. The molecule has 1 aliphatic rings. The average molecular weight is 254 g/mol. The fourth-order valence-corrected chi connectivity index (χ4v) is 2.81. The van der Waals surface area contributed by atoms with Gasteiger partial charge < -0.3 is 10.6 Å². The summed E-state index contributed by atoms with van der Waals surface area (Å²) in [4.78, 5) is 11.8. The maximum absolute atomic E-state index is 11.8. The van der Waals surface area contributed by atoms with Gasteiger partial charge in [0.25, 0.3) is 0 Å². The third kappa shape index (κ3) is 4.27. The summed E-state index contributed by atoms with van der Waals surface area (Å²) in [7, 11) is 0. The smallest absolute Gasteiger partial charge is 0.234 e. The fraction of sp³-hybridized carbons (Fsp3) is 0.933. The fourth-order valence-electron chi connectivity index (χ4n) is 2.81. The van der Waals surface area contributed by atoms with Crippen molar-refractivity contribution in [2.45, 2.75) is 66.0 Å². The summed E-state index contributed by atoms with van der Waals surface area (Å²) in [5.41, 5.74) is 0. The first-order valence-corrected chi connectivity index (χ1v) is 7.48. The molecule has 0 aromatic heterocycles. The maximum Gasteiger partial charge on any atom is 0.234 e. The number of hydrogen-bond donors (Lipinski definition) is 2. The molecule has 18 heavy (non-hydrogen) atoms. The third-order valence-electron chi connectivity index (χ3n) is 4.66. The van der Waals surface area contributed by atoms with Crippen molar-refractivity contribution in [1.82, 2.24) is 10.6 Å². The number of carbonyl (C=O) groups excluding carboxylic acids is 1. The van der Waals surface area contributed by atoms with Crippen LogP contribution in [0.3, 0.4) is 0 Å². The molecule has 3 nitrogen and oxygen atoms in total. The van der Waals surface area contributed by atoms with E-state index in [1.54, 1.807) is 0 Å². The Morgan fingerprint density at radius 1 is 1.28 bits per heavy atom. The SMILES string of the molecule is CCC1CCC(NCC(=O)NC(C)C(C)C)C1C. The van der Waals surface area contributed by atoms with Crippen LogP contribution in [-0.4, -0.2) is 24.5 Å². The van der Waals surface area contributed by atoms with Gasteiger partial charge in [0.1, 0.15) is 0 Å². The van der Waals surface area contributed by atoms with E-state index in [4.69, 9.17) is 0 Å². The highest BCUT2D eigenvalue weighted by atomic mass is 16.1. The Labute approximate surface area is 112 Å². The molecule has 1 amide bonds. The van der Waals surface area contributed by atoms with E-state index < -0.39 is 0 Å². The van der Waals surface area contributed by atoms with Gasteiger partial charge in [-0.2, -0.15) is 0 Å². The van der Waals surface area contributed by atoms with Crippen LogP contribution in [0.15, 0.2) is 0 Å². The van der Waals surface area contributed by atoms with Crippen molar-refractivity contribution in [3.8, 4) is 0 Å². The second-order valence-electron chi connectivity index (χ2n) is 6.19. The van der Waals surface area contributed by atoms with Crippen LogP contribution in [0.1, 0.15) is 53.9 Å². The number of nitrogens with one attached hydrogen (secondary N) is 2. The molecule has 0 aromatic rings. The van der Waals surface area contributed by atoms with Crippen molar-refractivity contribution in [3.63, 3.8) is 0 Å². The van der Waals surface area contributed by atoms with Crippen LogP contribution < -0.4 is 10.6 Å². The number of carbonyl (C=O) groups is 1. The van der Waals surface area contributed by atoms with Crippen LogP contribution in [0.25, 0.3) is 0 Å². The van der Waals surface area contributed by atoms with Gasteiger partial charge in [-0.05, 0) is 37.5 Å². The van der Waals surface area contributed by atoms with Crippen molar-refractivity contribution < 1.29 is 4.79 Å². The second kappa shape index (κ2) is 7.13. The van der Waals surface area contributed by atoms with Gasteiger partial charge in [-0.3, -0.25) is 4.79 Å². The van der Waals surface area contributed by atoms with Crippen molar-refractivity contribution >= 4 is 5.91 Å². The topological polar surface area (TPSA) is 41.1 Å². The lowest BCUT2D eigenvalue weighted by atomic mass is 9.93. The molecule has 0 saturated heterocycles.